The Kier molecular flexibility index (Phi) is 5.48. The lowest BCUT2D eigenvalue weighted by Gasteiger charge is -2.34. The molecule has 5 heteroatoms. The first-order valence-corrected chi connectivity index (χ1v) is 8.51. The van der Waals surface area contributed by atoms with Crippen molar-refractivity contribution < 1.29 is 9.18 Å². The molecule has 0 unspecified atom stereocenters. The molecule has 1 heterocycles. The van der Waals surface area contributed by atoms with Crippen LogP contribution in [0.15, 0.2) is 48.5 Å². The Hall–Kier alpha value is -1.91. The molecule has 126 valence electrons. The molecule has 0 spiro atoms. The smallest absolute Gasteiger partial charge is 0.254 e. The lowest BCUT2D eigenvalue weighted by atomic mass is 10.1. The van der Waals surface area contributed by atoms with Gasteiger partial charge in [0.15, 0.2) is 0 Å². The largest absolute Gasteiger partial charge is 0.336 e. The van der Waals surface area contributed by atoms with Crippen LogP contribution in [-0.2, 0) is 6.42 Å². The summed E-state index contributed by atoms with van der Waals surface area (Å²) in [4.78, 5) is 16.5. The highest BCUT2D eigenvalue weighted by molar-refractivity contribution is 6.30. The van der Waals surface area contributed by atoms with Crippen LogP contribution < -0.4 is 0 Å². The molecule has 1 aliphatic rings. The molecule has 0 N–H and O–H groups in total. The molecule has 0 aliphatic carbocycles. The maximum Gasteiger partial charge on any atom is 0.254 e. The highest BCUT2D eigenvalue weighted by atomic mass is 35.5. The first kappa shape index (κ1) is 16.9. The number of carbonyl (C=O) groups is 1. The van der Waals surface area contributed by atoms with Gasteiger partial charge in [-0.15, -0.1) is 0 Å². The molecule has 0 atom stereocenters. The average molecular weight is 347 g/mol. The van der Waals surface area contributed by atoms with Crippen LogP contribution >= 0.6 is 11.6 Å². The van der Waals surface area contributed by atoms with E-state index in [2.05, 4.69) is 4.90 Å². The fraction of sp³-hybridized carbons (Fsp3) is 0.316. The van der Waals surface area contributed by atoms with Crippen molar-refractivity contribution >= 4 is 17.5 Å². The van der Waals surface area contributed by atoms with E-state index >= 15 is 0 Å². The Morgan fingerprint density at radius 2 is 1.75 bits per heavy atom. The maximum atomic E-state index is 13.3. The van der Waals surface area contributed by atoms with Gasteiger partial charge in [0.2, 0.25) is 0 Å². The summed E-state index contributed by atoms with van der Waals surface area (Å²) in [5, 5.41) is 0.753. The monoisotopic (exact) mass is 346 g/mol. The highest BCUT2D eigenvalue weighted by Crippen LogP contribution is 2.13. The van der Waals surface area contributed by atoms with Crippen LogP contribution in [0.3, 0.4) is 0 Å². The number of piperazine rings is 1. The summed E-state index contributed by atoms with van der Waals surface area (Å²) in [6.07, 6.45) is 0.967. The lowest BCUT2D eigenvalue weighted by molar-refractivity contribution is 0.0638. The quantitative estimate of drug-likeness (QED) is 0.846. The minimum absolute atomic E-state index is 0.0909. The zero-order valence-electron chi connectivity index (χ0n) is 13.4. The topological polar surface area (TPSA) is 23.6 Å². The van der Waals surface area contributed by atoms with E-state index in [0.717, 1.165) is 31.1 Å². The van der Waals surface area contributed by atoms with Crippen molar-refractivity contribution in [1.82, 2.24) is 9.80 Å². The van der Waals surface area contributed by atoms with Gasteiger partial charge in [-0.25, -0.2) is 4.39 Å². The summed E-state index contributed by atoms with van der Waals surface area (Å²) >= 11 is 5.90. The molecule has 1 amide bonds. The predicted molar refractivity (Wildman–Crippen MR) is 93.9 cm³/mol. The minimum atomic E-state index is -0.373. The van der Waals surface area contributed by atoms with Crippen LogP contribution in [0, 0.1) is 5.82 Å². The third-order valence-corrected chi connectivity index (χ3v) is 4.61. The van der Waals surface area contributed by atoms with Gasteiger partial charge >= 0.3 is 0 Å². The molecule has 1 fully saturated rings. The summed E-state index contributed by atoms with van der Waals surface area (Å²) < 4.78 is 13.3. The standard InChI is InChI=1S/C19H20ClFN2O/c20-17-6-4-15(5-7-17)8-9-22-10-12-23(13-11-22)19(24)16-2-1-3-18(21)14-16/h1-7,14H,8-13H2. The summed E-state index contributed by atoms with van der Waals surface area (Å²) in [5.74, 6) is -0.464. The third-order valence-electron chi connectivity index (χ3n) is 4.36. The number of rotatable bonds is 4. The van der Waals surface area contributed by atoms with Gasteiger partial charge in [-0.2, -0.15) is 0 Å². The number of hydrogen-bond acceptors (Lipinski definition) is 2. The van der Waals surface area contributed by atoms with Crippen molar-refractivity contribution in [3.8, 4) is 0 Å². The summed E-state index contributed by atoms with van der Waals surface area (Å²) in [7, 11) is 0. The summed E-state index contributed by atoms with van der Waals surface area (Å²) in [6, 6.07) is 13.8. The van der Waals surface area contributed by atoms with Gasteiger partial charge in [-0.05, 0) is 42.3 Å². The Bertz CT molecular complexity index is 697. The molecular formula is C19H20ClFN2O. The molecular weight excluding hydrogens is 327 g/mol. The fourth-order valence-electron chi connectivity index (χ4n) is 2.92. The average Bonchev–Trinajstić information content (AvgIpc) is 2.61. The van der Waals surface area contributed by atoms with E-state index in [1.54, 1.807) is 17.0 Å². The second-order valence-corrected chi connectivity index (χ2v) is 6.46. The molecule has 2 aromatic carbocycles. The SMILES string of the molecule is O=C(c1cccc(F)c1)N1CCN(CCc2ccc(Cl)cc2)CC1. The van der Waals surface area contributed by atoms with E-state index in [9.17, 15) is 9.18 Å². The zero-order valence-corrected chi connectivity index (χ0v) is 14.2. The fourth-order valence-corrected chi connectivity index (χ4v) is 3.04. The van der Waals surface area contributed by atoms with Gasteiger partial charge in [-0.1, -0.05) is 29.8 Å². The maximum absolute atomic E-state index is 13.3. The van der Waals surface area contributed by atoms with Gasteiger partial charge in [0.25, 0.3) is 5.91 Å². The summed E-state index contributed by atoms with van der Waals surface area (Å²) in [5.41, 5.74) is 1.68. The Morgan fingerprint density at radius 3 is 2.42 bits per heavy atom. The molecule has 0 aromatic heterocycles. The van der Waals surface area contributed by atoms with E-state index in [1.165, 1.54) is 17.7 Å². The van der Waals surface area contributed by atoms with E-state index in [-0.39, 0.29) is 11.7 Å². The van der Waals surface area contributed by atoms with E-state index in [1.807, 2.05) is 24.3 Å². The second kappa shape index (κ2) is 7.77. The molecule has 24 heavy (non-hydrogen) atoms. The van der Waals surface area contributed by atoms with Crippen LogP contribution in [0.5, 0.6) is 0 Å². The first-order chi connectivity index (χ1) is 11.6. The Morgan fingerprint density at radius 1 is 1.04 bits per heavy atom. The van der Waals surface area contributed by atoms with E-state index < -0.39 is 0 Å². The number of amides is 1. The molecule has 0 radical (unpaired) electrons. The molecule has 2 aromatic rings. The number of nitrogens with zero attached hydrogens (tertiary/aromatic N) is 2. The van der Waals surface area contributed by atoms with Gasteiger partial charge in [0.05, 0.1) is 0 Å². The normalized spacial score (nSPS) is 15.5. The van der Waals surface area contributed by atoms with Crippen LogP contribution in [0.4, 0.5) is 4.39 Å². The molecule has 1 saturated heterocycles. The van der Waals surface area contributed by atoms with Gasteiger partial charge in [0, 0.05) is 43.3 Å². The van der Waals surface area contributed by atoms with Crippen LogP contribution in [0.2, 0.25) is 5.02 Å². The molecule has 0 saturated carbocycles. The number of halogens is 2. The predicted octanol–water partition coefficient (Wildman–Crippen LogP) is 3.48. The number of carbonyl (C=O) groups excluding carboxylic acids is 1. The van der Waals surface area contributed by atoms with Crippen molar-refractivity contribution in [2.24, 2.45) is 0 Å². The Balaban J connectivity index is 1.48. The first-order valence-electron chi connectivity index (χ1n) is 8.13. The van der Waals surface area contributed by atoms with Crippen LogP contribution in [0.25, 0.3) is 0 Å². The summed E-state index contributed by atoms with van der Waals surface area (Å²) in [6.45, 7) is 4.00. The third kappa shape index (κ3) is 4.34. The minimum Gasteiger partial charge on any atom is -0.336 e. The van der Waals surface area contributed by atoms with Gasteiger partial charge < -0.3 is 4.90 Å². The van der Waals surface area contributed by atoms with E-state index in [0.29, 0.717) is 18.7 Å². The molecule has 3 rings (SSSR count). The molecule has 1 aliphatic heterocycles. The Labute approximate surface area is 146 Å². The van der Waals surface area contributed by atoms with E-state index in [4.69, 9.17) is 11.6 Å². The highest BCUT2D eigenvalue weighted by Gasteiger charge is 2.22. The van der Waals surface area contributed by atoms with Gasteiger partial charge in [0.1, 0.15) is 5.82 Å². The zero-order chi connectivity index (χ0) is 16.9. The lowest BCUT2D eigenvalue weighted by Crippen LogP contribution is -2.49. The molecule has 3 nitrogen and oxygen atoms in total. The van der Waals surface area contributed by atoms with Crippen molar-refractivity contribution in [3.05, 3.63) is 70.5 Å². The number of hydrogen-bond donors (Lipinski definition) is 0. The van der Waals surface area contributed by atoms with Crippen molar-refractivity contribution in [1.29, 1.82) is 0 Å². The molecule has 0 bridgehead atoms. The number of benzene rings is 2. The second-order valence-electron chi connectivity index (χ2n) is 6.02. The van der Waals surface area contributed by atoms with Crippen molar-refractivity contribution in [3.63, 3.8) is 0 Å². The van der Waals surface area contributed by atoms with Crippen molar-refractivity contribution in [2.45, 2.75) is 6.42 Å². The van der Waals surface area contributed by atoms with Crippen molar-refractivity contribution in [2.75, 3.05) is 32.7 Å². The van der Waals surface area contributed by atoms with Gasteiger partial charge in [-0.3, -0.25) is 9.69 Å². The van der Waals surface area contributed by atoms with Crippen LogP contribution in [0.1, 0.15) is 15.9 Å². The van der Waals surface area contributed by atoms with Crippen LogP contribution in [-0.4, -0.2) is 48.4 Å².